The molecule has 2 N–H and O–H groups in total. The maximum atomic E-state index is 5.97. The molecular formula is C15H13NO2. The van der Waals surface area contributed by atoms with E-state index in [4.69, 9.17) is 15.2 Å². The number of nitrogen functional groups attached to an aromatic ring is 1. The average molecular weight is 239 g/mol. The van der Waals surface area contributed by atoms with Crippen molar-refractivity contribution in [2.45, 2.75) is 0 Å². The maximum Gasteiger partial charge on any atom is 0.230 e. The van der Waals surface area contributed by atoms with Crippen molar-refractivity contribution in [2.75, 3.05) is 12.5 Å². The van der Waals surface area contributed by atoms with Crippen molar-refractivity contribution in [2.24, 2.45) is 0 Å². The van der Waals surface area contributed by atoms with Crippen LogP contribution in [0.1, 0.15) is 5.56 Å². The summed E-state index contributed by atoms with van der Waals surface area (Å²) < 4.78 is 10.4. The van der Waals surface area contributed by atoms with Gasteiger partial charge in [-0.15, -0.1) is 0 Å². The van der Waals surface area contributed by atoms with Gasteiger partial charge in [0.1, 0.15) is 6.26 Å². The molecule has 0 unspecified atom stereocenters. The normalized spacial score (nSPS) is 13.7. The van der Waals surface area contributed by atoms with Crippen LogP contribution in [0.5, 0.6) is 0 Å². The van der Waals surface area contributed by atoms with Crippen molar-refractivity contribution in [1.82, 2.24) is 0 Å². The Morgan fingerprint density at radius 2 is 1.78 bits per heavy atom. The molecule has 0 radical (unpaired) electrons. The Hall–Kier alpha value is -2.42. The highest BCUT2D eigenvalue weighted by Crippen LogP contribution is 2.30. The molecule has 18 heavy (non-hydrogen) atoms. The van der Waals surface area contributed by atoms with Gasteiger partial charge in [0.25, 0.3) is 0 Å². The Balaban J connectivity index is 2.06. The summed E-state index contributed by atoms with van der Waals surface area (Å²) >= 11 is 0. The molecule has 2 aromatic rings. The van der Waals surface area contributed by atoms with Crippen LogP contribution in [0, 0.1) is 0 Å². The molecular weight excluding hydrogens is 226 g/mol. The molecule has 1 aliphatic rings. The van der Waals surface area contributed by atoms with Crippen molar-refractivity contribution in [3.8, 4) is 11.1 Å². The summed E-state index contributed by atoms with van der Waals surface area (Å²) in [5.41, 5.74) is 9.79. The molecule has 0 fully saturated rings. The van der Waals surface area contributed by atoms with E-state index in [1.54, 1.807) is 6.26 Å². The molecule has 1 heterocycles. The summed E-state index contributed by atoms with van der Waals surface area (Å²) in [6.45, 7) is 0.254. The number of nitrogens with two attached hydrogens (primary N) is 1. The number of ether oxygens (including phenoxy) is 2. The first kappa shape index (κ1) is 10.7. The summed E-state index contributed by atoms with van der Waals surface area (Å²) in [5.74, 6) is 0.685. The Morgan fingerprint density at radius 1 is 0.944 bits per heavy atom. The van der Waals surface area contributed by atoms with Crippen molar-refractivity contribution < 1.29 is 9.47 Å². The molecule has 0 saturated heterocycles. The zero-order valence-electron chi connectivity index (χ0n) is 9.80. The molecule has 0 spiro atoms. The highest BCUT2D eigenvalue weighted by molar-refractivity contribution is 5.77. The number of anilines is 1. The molecule has 1 aliphatic heterocycles. The van der Waals surface area contributed by atoms with Gasteiger partial charge in [-0.05, 0) is 23.3 Å². The smallest absolute Gasteiger partial charge is 0.230 e. The van der Waals surface area contributed by atoms with E-state index in [0.29, 0.717) is 11.4 Å². The zero-order chi connectivity index (χ0) is 12.4. The second-order valence-corrected chi connectivity index (χ2v) is 4.08. The van der Waals surface area contributed by atoms with Crippen molar-refractivity contribution >= 4 is 11.4 Å². The van der Waals surface area contributed by atoms with E-state index in [1.165, 1.54) is 0 Å². The molecule has 0 atom stereocenters. The standard InChI is InChI=1S/C15H13NO2/c16-14-7-6-12(11-4-2-1-3-5-11)8-13(14)15-9-17-10-18-15/h1-9H,10,16H2. The molecule has 0 amide bonds. The fourth-order valence-corrected chi connectivity index (χ4v) is 1.96. The van der Waals surface area contributed by atoms with Crippen LogP contribution in [0.15, 0.2) is 54.8 Å². The van der Waals surface area contributed by atoms with Gasteiger partial charge in [-0.1, -0.05) is 36.4 Å². The lowest BCUT2D eigenvalue weighted by Gasteiger charge is -2.08. The van der Waals surface area contributed by atoms with Gasteiger partial charge in [0.15, 0.2) is 5.76 Å². The van der Waals surface area contributed by atoms with Crippen molar-refractivity contribution in [1.29, 1.82) is 0 Å². The van der Waals surface area contributed by atoms with E-state index in [2.05, 4.69) is 12.1 Å². The average Bonchev–Trinajstić information content (AvgIpc) is 2.94. The zero-order valence-corrected chi connectivity index (χ0v) is 9.80. The second kappa shape index (κ2) is 4.45. The fourth-order valence-electron chi connectivity index (χ4n) is 1.96. The van der Waals surface area contributed by atoms with Crippen LogP contribution in [0.3, 0.4) is 0 Å². The van der Waals surface area contributed by atoms with Crippen LogP contribution < -0.4 is 5.73 Å². The second-order valence-electron chi connectivity index (χ2n) is 4.08. The van der Waals surface area contributed by atoms with Gasteiger partial charge >= 0.3 is 0 Å². The molecule has 0 bridgehead atoms. The lowest BCUT2D eigenvalue weighted by Crippen LogP contribution is -1.95. The highest BCUT2D eigenvalue weighted by atomic mass is 16.7. The van der Waals surface area contributed by atoms with E-state index < -0.39 is 0 Å². The third kappa shape index (κ3) is 1.91. The minimum atomic E-state index is 0.254. The lowest BCUT2D eigenvalue weighted by molar-refractivity contribution is 0.101. The fraction of sp³-hybridized carbons (Fsp3) is 0.0667. The summed E-state index contributed by atoms with van der Waals surface area (Å²) in [6, 6.07) is 16.1. The van der Waals surface area contributed by atoms with Gasteiger partial charge in [-0.25, -0.2) is 0 Å². The number of benzene rings is 2. The van der Waals surface area contributed by atoms with Crippen LogP contribution in [-0.4, -0.2) is 6.79 Å². The van der Waals surface area contributed by atoms with E-state index >= 15 is 0 Å². The van der Waals surface area contributed by atoms with Crippen LogP contribution in [0.4, 0.5) is 5.69 Å². The van der Waals surface area contributed by atoms with Gasteiger partial charge in [0, 0.05) is 11.3 Å². The quantitative estimate of drug-likeness (QED) is 0.818. The molecule has 3 nitrogen and oxygen atoms in total. The van der Waals surface area contributed by atoms with E-state index in [9.17, 15) is 0 Å². The van der Waals surface area contributed by atoms with Crippen molar-refractivity contribution in [3.63, 3.8) is 0 Å². The van der Waals surface area contributed by atoms with Crippen molar-refractivity contribution in [3.05, 3.63) is 60.4 Å². The van der Waals surface area contributed by atoms with Crippen LogP contribution in [-0.2, 0) is 9.47 Å². The topological polar surface area (TPSA) is 44.5 Å². The van der Waals surface area contributed by atoms with E-state index in [1.807, 2.05) is 36.4 Å². The maximum absolute atomic E-state index is 5.97. The number of rotatable bonds is 2. The minimum Gasteiger partial charge on any atom is -0.461 e. The molecule has 0 saturated carbocycles. The molecule has 0 aromatic heterocycles. The third-order valence-corrected chi connectivity index (χ3v) is 2.90. The number of hydrogen-bond donors (Lipinski definition) is 1. The van der Waals surface area contributed by atoms with Gasteiger partial charge < -0.3 is 15.2 Å². The first-order valence-electron chi connectivity index (χ1n) is 5.74. The number of hydrogen-bond acceptors (Lipinski definition) is 3. The summed E-state index contributed by atoms with van der Waals surface area (Å²) in [6.07, 6.45) is 1.60. The summed E-state index contributed by atoms with van der Waals surface area (Å²) in [5, 5.41) is 0. The SMILES string of the molecule is Nc1ccc(-c2ccccc2)cc1C1=COCO1. The predicted molar refractivity (Wildman–Crippen MR) is 71.3 cm³/mol. The molecule has 90 valence electrons. The first-order chi connectivity index (χ1) is 8.84. The largest absolute Gasteiger partial charge is 0.461 e. The molecule has 3 heteroatoms. The van der Waals surface area contributed by atoms with Gasteiger partial charge in [-0.2, -0.15) is 0 Å². The Bertz CT molecular complexity index is 591. The molecule has 2 aromatic carbocycles. The summed E-state index contributed by atoms with van der Waals surface area (Å²) in [7, 11) is 0. The van der Waals surface area contributed by atoms with Gasteiger partial charge in [0.2, 0.25) is 6.79 Å². The van der Waals surface area contributed by atoms with E-state index in [0.717, 1.165) is 16.7 Å². The third-order valence-electron chi connectivity index (χ3n) is 2.90. The predicted octanol–water partition coefficient (Wildman–Crippen LogP) is 3.24. The van der Waals surface area contributed by atoms with Crippen LogP contribution in [0.2, 0.25) is 0 Å². The first-order valence-corrected chi connectivity index (χ1v) is 5.74. The molecule has 3 rings (SSSR count). The highest BCUT2D eigenvalue weighted by Gasteiger charge is 2.13. The lowest BCUT2D eigenvalue weighted by atomic mass is 10.0. The monoisotopic (exact) mass is 239 g/mol. The van der Waals surface area contributed by atoms with Crippen LogP contribution in [0.25, 0.3) is 16.9 Å². The Labute approximate surface area is 105 Å². The Morgan fingerprint density at radius 3 is 2.50 bits per heavy atom. The van der Waals surface area contributed by atoms with Gasteiger partial charge in [-0.3, -0.25) is 0 Å². The molecule has 0 aliphatic carbocycles. The van der Waals surface area contributed by atoms with Crippen LogP contribution >= 0.6 is 0 Å². The minimum absolute atomic E-state index is 0.254. The van der Waals surface area contributed by atoms with Gasteiger partial charge in [0.05, 0.1) is 0 Å². The van der Waals surface area contributed by atoms with E-state index in [-0.39, 0.29) is 6.79 Å². The Kier molecular flexibility index (Phi) is 2.65. The summed E-state index contributed by atoms with van der Waals surface area (Å²) in [4.78, 5) is 0.